The maximum atomic E-state index is 5.76. The van der Waals surface area contributed by atoms with Crippen molar-refractivity contribution in [1.82, 2.24) is 0 Å². The normalized spacial score (nSPS) is 14.4. The summed E-state index contributed by atoms with van der Waals surface area (Å²) in [4.78, 5) is 0. The van der Waals surface area contributed by atoms with Crippen molar-refractivity contribution in [2.75, 3.05) is 13.3 Å². The van der Waals surface area contributed by atoms with Gasteiger partial charge in [0.2, 0.25) is 0 Å². The summed E-state index contributed by atoms with van der Waals surface area (Å²) in [7, 11) is 1.81. The summed E-state index contributed by atoms with van der Waals surface area (Å²) in [5.74, 6) is 0. The summed E-state index contributed by atoms with van der Waals surface area (Å²) in [5, 5.41) is 4.20. The van der Waals surface area contributed by atoms with Gasteiger partial charge in [-0.25, -0.2) is 0 Å². The molecule has 0 aliphatic rings. The van der Waals surface area contributed by atoms with Crippen LogP contribution in [0.25, 0.3) is 0 Å². The van der Waals surface area contributed by atoms with Gasteiger partial charge in [0.05, 0.1) is 0 Å². The van der Waals surface area contributed by atoms with E-state index in [9.17, 15) is 0 Å². The van der Waals surface area contributed by atoms with Gasteiger partial charge in [-0.05, 0) is 0 Å². The van der Waals surface area contributed by atoms with Gasteiger partial charge in [0, 0.05) is 0 Å². The predicted octanol–water partition coefficient (Wildman–Crippen LogP) is 4.90. The van der Waals surface area contributed by atoms with Crippen LogP contribution in [0.3, 0.4) is 0 Å². The first-order chi connectivity index (χ1) is 12.1. The van der Waals surface area contributed by atoms with Crippen molar-refractivity contribution in [2.24, 2.45) is 0 Å². The molecule has 1 nitrogen and oxygen atoms in total. The third-order valence-electron chi connectivity index (χ3n) is 4.89. The molecule has 0 spiro atoms. The van der Waals surface area contributed by atoms with E-state index in [1.54, 1.807) is 0 Å². The molecule has 3 heteroatoms. The van der Waals surface area contributed by atoms with Crippen LogP contribution in [0.1, 0.15) is 6.92 Å². The van der Waals surface area contributed by atoms with Gasteiger partial charge in [-0.15, -0.1) is 0 Å². The Kier molecular flexibility index (Phi) is 5.62. The third-order valence-corrected chi connectivity index (χ3v) is 16.4. The molecule has 0 aliphatic carbocycles. The van der Waals surface area contributed by atoms with Crippen LogP contribution in [-0.4, -0.2) is 19.4 Å². The van der Waals surface area contributed by atoms with E-state index >= 15 is 0 Å². The van der Waals surface area contributed by atoms with Gasteiger partial charge in [-0.2, -0.15) is 0 Å². The van der Waals surface area contributed by atoms with E-state index in [-0.39, 0.29) is 6.10 Å². The molecule has 1 atom stereocenters. The molecule has 3 aromatic carbocycles. The summed E-state index contributed by atoms with van der Waals surface area (Å²) in [6, 6.07) is 32.9. The van der Waals surface area contributed by atoms with Crippen LogP contribution < -0.4 is 15.9 Å². The second-order valence-corrected chi connectivity index (χ2v) is 17.1. The Morgan fingerprint density at radius 2 is 1.04 bits per heavy atom. The second-order valence-electron chi connectivity index (χ2n) is 6.42. The van der Waals surface area contributed by atoms with Crippen LogP contribution in [0.4, 0.5) is 0 Å². The molecule has 130 valence electrons. The number of benzene rings is 3. The van der Waals surface area contributed by atoms with E-state index in [0.29, 0.717) is 0 Å². The molecule has 0 fully saturated rings. The number of hydrogen-bond acceptors (Lipinski definition) is 1. The molecule has 1 unspecified atom stereocenters. The van der Waals surface area contributed by atoms with Gasteiger partial charge >= 0.3 is 164 Å². The van der Waals surface area contributed by atoms with Crippen molar-refractivity contribution in [3.05, 3.63) is 91.0 Å². The Morgan fingerprint density at radius 1 is 0.720 bits per heavy atom. The van der Waals surface area contributed by atoms with Crippen LogP contribution in [0.2, 0.25) is 0 Å². The second kappa shape index (κ2) is 7.57. The molecule has 0 radical (unpaired) electrons. The summed E-state index contributed by atoms with van der Waals surface area (Å²) in [5.41, 5.74) is 0. The van der Waals surface area contributed by atoms with Crippen molar-refractivity contribution < 1.29 is 4.74 Å². The summed E-state index contributed by atoms with van der Waals surface area (Å²) in [6.07, 6.45) is 1.14. The van der Waals surface area contributed by atoms with Crippen LogP contribution in [0, 0.1) is 0 Å². The van der Waals surface area contributed by atoms with Crippen LogP contribution in [0.5, 0.6) is 0 Å². The minimum atomic E-state index is -2.67. The Morgan fingerprint density at radius 3 is 1.32 bits per heavy atom. The average molecular weight is 462 g/mol. The van der Waals surface area contributed by atoms with Crippen LogP contribution in [-0.2, 0) is 4.74 Å². The molecule has 0 saturated carbocycles. The van der Waals surface area contributed by atoms with E-state index in [1.165, 1.54) is 15.9 Å². The SMILES string of the molecule is COC(C)CP(I)(c1ccccc1)(c1ccccc1)c1ccccc1. The predicted molar refractivity (Wildman–Crippen MR) is 121 cm³/mol. The van der Waals surface area contributed by atoms with Gasteiger partial charge < -0.3 is 0 Å². The van der Waals surface area contributed by atoms with Crippen molar-refractivity contribution >= 4 is 42.2 Å². The zero-order chi connectivity index (χ0) is 17.8. The Hall–Kier alpha value is -1.22. The zero-order valence-electron chi connectivity index (χ0n) is 14.7. The Balaban J connectivity index is 2.40. The van der Waals surface area contributed by atoms with Gasteiger partial charge in [0.1, 0.15) is 0 Å². The maximum absolute atomic E-state index is 5.76. The third kappa shape index (κ3) is 3.28. The van der Waals surface area contributed by atoms with E-state index in [1.807, 2.05) is 7.11 Å². The molecular formula is C22H24IOP. The van der Waals surface area contributed by atoms with Gasteiger partial charge in [-0.3, -0.25) is 0 Å². The van der Waals surface area contributed by atoms with Crippen molar-refractivity contribution in [2.45, 2.75) is 13.0 Å². The van der Waals surface area contributed by atoms with E-state index in [0.717, 1.165) is 6.16 Å². The monoisotopic (exact) mass is 462 g/mol. The molecule has 3 rings (SSSR count). The van der Waals surface area contributed by atoms with Crippen LogP contribution >= 0.6 is 26.3 Å². The quantitative estimate of drug-likeness (QED) is 0.374. The molecule has 0 aliphatic heterocycles. The first kappa shape index (κ1) is 18.6. The first-order valence-corrected chi connectivity index (χ1v) is 13.7. The molecule has 25 heavy (non-hydrogen) atoms. The molecule has 0 saturated heterocycles. The number of rotatable bonds is 6. The Bertz CT molecular complexity index is 706. The van der Waals surface area contributed by atoms with Crippen molar-refractivity contribution in [3.8, 4) is 0 Å². The molecule has 0 aromatic heterocycles. The fraction of sp³-hybridized carbons (Fsp3) is 0.182. The van der Waals surface area contributed by atoms with Crippen LogP contribution in [0.15, 0.2) is 91.0 Å². The topological polar surface area (TPSA) is 9.23 Å². The standard InChI is InChI=1S/C22H24IOP/c1-19(24-2)18-25(23,20-12-6-3-7-13-20,21-14-8-4-9-15-21)22-16-10-5-11-17-22/h3-17,19H,18H2,1-2H3. The van der Waals surface area contributed by atoms with Gasteiger partial charge in [0.25, 0.3) is 0 Å². The minimum absolute atomic E-state index is 0.162. The van der Waals surface area contributed by atoms with Gasteiger partial charge in [0.15, 0.2) is 0 Å². The number of halogens is 1. The molecule has 0 amide bonds. The summed E-state index contributed by atoms with van der Waals surface area (Å²) < 4.78 is 3.09. The van der Waals surface area contributed by atoms with Crippen molar-refractivity contribution in [1.29, 1.82) is 0 Å². The van der Waals surface area contributed by atoms with Gasteiger partial charge in [-0.1, -0.05) is 0 Å². The van der Waals surface area contributed by atoms with E-state index in [2.05, 4.69) is 120 Å². The fourth-order valence-corrected chi connectivity index (χ4v) is 13.1. The number of methoxy groups -OCH3 is 1. The average Bonchev–Trinajstić information content (AvgIpc) is 2.70. The molecule has 3 aromatic rings. The molecule has 0 N–H and O–H groups in total. The first-order valence-electron chi connectivity index (χ1n) is 8.52. The number of hydrogen-bond donors (Lipinski definition) is 0. The van der Waals surface area contributed by atoms with E-state index in [4.69, 9.17) is 4.74 Å². The van der Waals surface area contributed by atoms with E-state index < -0.39 is 4.25 Å². The van der Waals surface area contributed by atoms with Crippen molar-refractivity contribution in [3.63, 3.8) is 0 Å². The Labute approximate surface area is 163 Å². The zero-order valence-corrected chi connectivity index (χ0v) is 17.7. The molecule has 0 bridgehead atoms. The summed E-state index contributed by atoms with van der Waals surface area (Å²) >= 11 is 2.79. The molecule has 0 heterocycles. The fourth-order valence-electron chi connectivity index (χ4n) is 3.54. The molecular weight excluding hydrogens is 438 g/mol. The summed E-state index contributed by atoms with van der Waals surface area (Å²) in [6.45, 7) is 2.18. The number of ether oxygens (including phenoxy) is 1.